The van der Waals surface area contributed by atoms with Crippen molar-refractivity contribution in [3.05, 3.63) is 56.0 Å². The number of hydrogen-bond donors (Lipinski definition) is 0. The van der Waals surface area contributed by atoms with E-state index in [9.17, 15) is 9.59 Å². The molecule has 6 nitrogen and oxygen atoms in total. The third kappa shape index (κ3) is 2.50. The van der Waals surface area contributed by atoms with Crippen LogP contribution in [-0.4, -0.2) is 28.1 Å². The number of ether oxygens (including phenoxy) is 1. The minimum absolute atomic E-state index is 0.198. The maximum absolute atomic E-state index is 12.4. The van der Waals surface area contributed by atoms with Crippen molar-refractivity contribution in [2.24, 2.45) is 0 Å². The van der Waals surface area contributed by atoms with Crippen molar-refractivity contribution in [1.82, 2.24) is 15.0 Å². The van der Waals surface area contributed by atoms with Crippen molar-refractivity contribution in [1.29, 1.82) is 0 Å². The highest BCUT2D eigenvalue weighted by Crippen LogP contribution is 2.22. The van der Waals surface area contributed by atoms with Gasteiger partial charge in [0.25, 0.3) is 5.56 Å². The van der Waals surface area contributed by atoms with Crippen molar-refractivity contribution in [2.75, 3.05) is 7.11 Å². The third-order valence-electron chi connectivity index (χ3n) is 3.36. The Morgan fingerprint density at radius 1 is 1.36 bits per heavy atom. The monoisotopic (exact) mass is 315 g/mol. The van der Waals surface area contributed by atoms with E-state index in [-0.39, 0.29) is 18.1 Å². The largest absolute Gasteiger partial charge is 0.465 e. The van der Waals surface area contributed by atoms with Crippen molar-refractivity contribution in [3.8, 4) is 0 Å². The number of aryl methyl sites for hydroxylation is 1. The van der Waals surface area contributed by atoms with Gasteiger partial charge in [0.1, 0.15) is 10.4 Å². The van der Waals surface area contributed by atoms with Gasteiger partial charge in [-0.3, -0.25) is 4.79 Å². The molecular formula is C15H13N3O3S. The molecule has 3 aromatic rings. The van der Waals surface area contributed by atoms with Gasteiger partial charge in [-0.05, 0) is 30.7 Å². The van der Waals surface area contributed by atoms with E-state index in [4.69, 9.17) is 4.74 Å². The van der Waals surface area contributed by atoms with Crippen LogP contribution < -0.4 is 5.56 Å². The molecule has 112 valence electrons. The zero-order chi connectivity index (χ0) is 15.7. The molecule has 0 spiro atoms. The molecule has 0 N–H and O–H groups in total. The lowest BCUT2D eigenvalue weighted by molar-refractivity contribution is 0.0606. The van der Waals surface area contributed by atoms with Crippen LogP contribution in [0.25, 0.3) is 10.9 Å². The van der Waals surface area contributed by atoms with Crippen LogP contribution in [0.1, 0.15) is 20.1 Å². The van der Waals surface area contributed by atoms with E-state index in [1.165, 1.54) is 23.1 Å². The van der Waals surface area contributed by atoms with Gasteiger partial charge < -0.3 is 4.74 Å². The maximum atomic E-state index is 12.4. The molecule has 22 heavy (non-hydrogen) atoms. The summed E-state index contributed by atoms with van der Waals surface area (Å²) in [5, 5.41) is 8.54. The van der Waals surface area contributed by atoms with E-state index in [0.29, 0.717) is 15.8 Å². The first kappa shape index (κ1) is 14.4. The Kier molecular flexibility index (Phi) is 3.72. The minimum atomic E-state index is -0.378. The van der Waals surface area contributed by atoms with Crippen molar-refractivity contribution >= 4 is 28.2 Å². The van der Waals surface area contributed by atoms with Gasteiger partial charge in [0, 0.05) is 4.88 Å². The molecule has 0 unspecified atom stereocenters. The van der Waals surface area contributed by atoms with Gasteiger partial charge in [0.05, 0.1) is 19.0 Å². The second-order valence-corrected chi connectivity index (χ2v) is 6.01. The van der Waals surface area contributed by atoms with E-state index in [1.54, 1.807) is 24.3 Å². The summed E-state index contributed by atoms with van der Waals surface area (Å²) in [4.78, 5) is 25.4. The summed E-state index contributed by atoms with van der Waals surface area (Å²) in [5.74, 6) is -0.378. The lowest BCUT2D eigenvalue weighted by Gasteiger charge is -2.04. The summed E-state index contributed by atoms with van der Waals surface area (Å²) in [7, 11) is 1.34. The highest BCUT2D eigenvalue weighted by Gasteiger charge is 2.14. The molecule has 0 fully saturated rings. The van der Waals surface area contributed by atoms with E-state index in [0.717, 1.165) is 10.4 Å². The molecule has 1 aromatic carbocycles. The highest BCUT2D eigenvalue weighted by molar-refractivity contribution is 7.14. The molecule has 0 aliphatic rings. The minimum Gasteiger partial charge on any atom is -0.465 e. The van der Waals surface area contributed by atoms with Crippen molar-refractivity contribution < 1.29 is 9.53 Å². The molecule has 0 atom stereocenters. The molecule has 0 amide bonds. The number of carbonyl (C=O) groups is 1. The number of rotatable bonds is 3. The second kappa shape index (κ2) is 5.69. The van der Waals surface area contributed by atoms with Crippen LogP contribution in [0.2, 0.25) is 0 Å². The van der Waals surface area contributed by atoms with Gasteiger partial charge >= 0.3 is 5.97 Å². The lowest BCUT2D eigenvalue weighted by Crippen LogP contribution is -2.24. The van der Waals surface area contributed by atoms with Crippen LogP contribution in [0.4, 0.5) is 0 Å². The van der Waals surface area contributed by atoms with Gasteiger partial charge in [-0.2, -0.15) is 0 Å². The normalized spacial score (nSPS) is 10.8. The van der Waals surface area contributed by atoms with Crippen LogP contribution in [0.3, 0.4) is 0 Å². The van der Waals surface area contributed by atoms with E-state index < -0.39 is 0 Å². The van der Waals surface area contributed by atoms with Crippen LogP contribution >= 0.6 is 11.3 Å². The molecule has 2 heterocycles. The summed E-state index contributed by atoms with van der Waals surface area (Å²) < 4.78 is 6.02. The van der Waals surface area contributed by atoms with E-state index in [2.05, 4.69) is 10.3 Å². The number of esters is 1. The molecule has 0 bridgehead atoms. The average molecular weight is 315 g/mol. The summed E-state index contributed by atoms with van der Waals surface area (Å²) in [6, 6.07) is 8.81. The number of aromatic nitrogens is 3. The third-order valence-corrected chi connectivity index (χ3v) is 4.43. The summed E-state index contributed by atoms with van der Waals surface area (Å²) >= 11 is 1.34. The van der Waals surface area contributed by atoms with Crippen LogP contribution in [0, 0.1) is 6.92 Å². The molecule has 7 heteroatoms. The summed E-state index contributed by atoms with van der Waals surface area (Å²) in [6.07, 6.45) is 0. The van der Waals surface area contributed by atoms with Crippen LogP contribution in [-0.2, 0) is 11.3 Å². The fourth-order valence-corrected chi connectivity index (χ4v) is 3.12. The molecule has 0 saturated heterocycles. The number of carbonyl (C=O) groups excluding carboxylic acids is 1. The van der Waals surface area contributed by atoms with Gasteiger partial charge in [-0.1, -0.05) is 17.3 Å². The molecule has 0 radical (unpaired) electrons. The Labute approximate surface area is 130 Å². The van der Waals surface area contributed by atoms with Crippen LogP contribution in [0.5, 0.6) is 0 Å². The average Bonchev–Trinajstić information content (AvgIpc) is 2.90. The molecule has 0 aliphatic carbocycles. The first-order valence-electron chi connectivity index (χ1n) is 6.60. The fourth-order valence-electron chi connectivity index (χ4n) is 2.17. The quantitative estimate of drug-likeness (QED) is 0.691. The van der Waals surface area contributed by atoms with Gasteiger partial charge in [0.2, 0.25) is 0 Å². The standard InChI is InChI=1S/C15H13N3O3S/c1-9-10(7-13(22-9)15(20)21-2)8-18-14(19)11-5-3-4-6-12(11)16-17-18/h3-7H,8H2,1-2H3. The molecule has 3 rings (SSSR count). The molecule has 0 saturated carbocycles. The summed E-state index contributed by atoms with van der Waals surface area (Å²) in [6.45, 7) is 2.17. The number of nitrogens with zero attached hydrogens (tertiary/aromatic N) is 3. The SMILES string of the molecule is COC(=O)c1cc(Cn2nnc3ccccc3c2=O)c(C)s1. The smallest absolute Gasteiger partial charge is 0.348 e. The zero-order valence-corrected chi connectivity index (χ0v) is 12.9. The van der Waals surface area contributed by atoms with E-state index in [1.807, 2.05) is 13.0 Å². The van der Waals surface area contributed by atoms with Crippen LogP contribution in [0.15, 0.2) is 35.1 Å². The number of methoxy groups -OCH3 is 1. The second-order valence-electron chi connectivity index (χ2n) is 4.75. The maximum Gasteiger partial charge on any atom is 0.348 e. The Morgan fingerprint density at radius 2 is 2.14 bits per heavy atom. The Morgan fingerprint density at radius 3 is 2.91 bits per heavy atom. The van der Waals surface area contributed by atoms with Gasteiger partial charge in [0.15, 0.2) is 0 Å². The number of fused-ring (bicyclic) bond motifs is 1. The van der Waals surface area contributed by atoms with Crippen molar-refractivity contribution in [3.63, 3.8) is 0 Å². The molecular weight excluding hydrogens is 302 g/mol. The predicted molar refractivity (Wildman–Crippen MR) is 83.3 cm³/mol. The fraction of sp³-hybridized carbons (Fsp3) is 0.200. The predicted octanol–water partition coefficient (Wildman–Crippen LogP) is 2.00. The topological polar surface area (TPSA) is 74.1 Å². The summed E-state index contributed by atoms with van der Waals surface area (Å²) in [5.41, 5.74) is 1.23. The van der Waals surface area contributed by atoms with Crippen molar-refractivity contribution in [2.45, 2.75) is 13.5 Å². The number of thiophene rings is 1. The zero-order valence-electron chi connectivity index (χ0n) is 12.1. The van der Waals surface area contributed by atoms with Gasteiger partial charge in [-0.15, -0.1) is 16.4 Å². The number of benzene rings is 1. The first-order chi connectivity index (χ1) is 10.6. The molecule has 2 aromatic heterocycles. The highest BCUT2D eigenvalue weighted by atomic mass is 32.1. The molecule has 0 aliphatic heterocycles. The van der Waals surface area contributed by atoms with Gasteiger partial charge in [-0.25, -0.2) is 9.48 Å². The first-order valence-corrected chi connectivity index (χ1v) is 7.42. The van der Waals surface area contributed by atoms with E-state index >= 15 is 0 Å². The Balaban J connectivity index is 2.00. The lowest BCUT2D eigenvalue weighted by atomic mass is 10.2. The Bertz CT molecular complexity index is 914. The number of hydrogen-bond acceptors (Lipinski definition) is 6. The Hall–Kier alpha value is -2.54.